The van der Waals surface area contributed by atoms with Crippen LogP contribution in [0, 0.1) is 13.8 Å². The van der Waals surface area contributed by atoms with E-state index in [2.05, 4.69) is 156 Å². The summed E-state index contributed by atoms with van der Waals surface area (Å²) < 4.78 is 0. The van der Waals surface area contributed by atoms with Crippen molar-refractivity contribution in [3.8, 4) is 0 Å². The van der Waals surface area contributed by atoms with Crippen LogP contribution in [-0.2, 0) is 0 Å². The van der Waals surface area contributed by atoms with E-state index < -0.39 is 0 Å². The molecule has 7 aromatic rings. The lowest BCUT2D eigenvalue weighted by atomic mass is 9.32. The fourth-order valence-electron chi connectivity index (χ4n) is 8.31. The highest BCUT2D eigenvalue weighted by Gasteiger charge is 2.40. The number of hydrogen-bond donors (Lipinski definition) is 0. The van der Waals surface area contributed by atoms with Gasteiger partial charge in [-0.1, -0.05) is 135 Å². The first-order chi connectivity index (χ1) is 21.4. The fourth-order valence-corrected chi connectivity index (χ4v) is 8.31. The molecular weight excluding hydrogens is 529 g/mol. The molecule has 7 aromatic carbocycles. The predicted octanol–water partition coefficient (Wildman–Crippen LogP) is 9.75. The van der Waals surface area contributed by atoms with Crippen LogP contribution < -0.4 is 21.3 Å². The van der Waals surface area contributed by atoms with Crippen molar-refractivity contribution >= 4 is 72.5 Å². The minimum absolute atomic E-state index is 0.132. The van der Waals surface area contributed by atoms with Crippen molar-refractivity contribution in [2.24, 2.45) is 0 Å². The van der Waals surface area contributed by atoms with Gasteiger partial charge in [0.25, 0.3) is 0 Å². The second-order valence-corrected chi connectivity index (χ2v) is 13.4. The third-order valence-corrected chi connectivity index (χ3v) is 10.1. The fraction of sp³-hybridized carbons (Fsp3) is 0.190. The van der Waals surface area contributed by atoms with E-state index in [1.54, 1.807) is 0 Å². The van der Waals surface area contributed by atoms with Gasteiger partial charge in [0.15, 0.2) is 0 Å². The minimum Gasteiger partial charge on any atom is -0.311 e. The van der Waals surface area contributed by atoms with E-state index in [9.17, 15) is 0 Å². The molecule has 1 heterocycles. The third-order valence-electron chi connectivity index (χ3n) is 10.1. The molecule has 0 unspecified atom stereocenters. The summed E-state index contributed by atoms with van der Waals surface area (Å²) in [4.78, 5) is 2.57. The minimum atomic E-state index is 0.132. The molecule has 1 nitrogen and oxygen atoms in total. The summed E-state index contributed by atoms with van der Waals surface area (Å²) in [7, 11) is 0. The van der Waals surface area contributed by atoms with E-state index in [0.717, 1.165) is 0 Å². The second kappa shape index (κ2) is 9.99. The third kappa shape index (κ3) is 3.73. The summed E-state index contributed by atoms with van der Waals surface area (Å²) in [6.07, 6.45) is 0. The molecule has 1 aliphatic heterocycles. The van der Waals surface area contributed by atoms with Gasteiger partial charge in [-0.25, -0.2) is 0 Å². The lowest BCUT2D eigenvalue weighted by Gasteiger charge is -2.41. The first-order valence-corrected chi connectivity index (χ1v) is 16.1. The van der Waals surface area contributed by atoms with E-state index in [-0.39, 0.29) is 6.71 Å². The van der Waals surface area contributed by atoms with E-state index in [1.165, 1.54) is 88.0 Å². The van der Waals surface area contributed by atoms with Crippen molar-refractivity contribution in [3.63, 3.8) is 0 Å². The predicted molar refractivity (Wildman–Crippen MR) is 194 cm³/mol. The van der Waals surface area contributed by atoms with Crippen molar-refractivity contribution < 1.29 is 0 Å². The standard InChI is InChI=1S/C42H38BN/c1-25(2)31-21-19-29-20-22-33-37(26(3)4)41-42(34-24-23-32(31)38(29)39(33)34)44(30-15-8-7-9-16-30)36-18-11-10-17-35(36)43(41)40-27(5)13-12-14-28(40)6/h7-26H,1-6H3. The summed E-state index contributed by atoms with van der Waals surface area (Å²) in [6.45, 7) is 14.1. The van der Waals surface area contributed by atoms with Crippen molar-refractivity contribution in [2.75, 3.05) is 4.90 Å². The maximum absolute atomic E-state index is 2.57. The summed E-state index contributed by atoms with van der Waals surface area (Å²) in [5, 5.41) is 8.27. The van der Waals surface area contributed by atoms with Crippen LogP contribution in [0.15, 0.2) is 109 Å². The van der Waals surface area contributed by atoms with Gasteiger partial charge in [-0.3, -0.25) is 0 Å². The van der Waals surface area contributed by atoms with Crippen LogP contribution in [-0.4, -0.2) is 6.71 Å². The first kappa shape index (κ1) is 27.0. The van der Waals surface area contributed by atoms with Crippen molar-refractivity contribution in [1.82, 2.24) is 0 Å². The summed E-state index contributed by atoms with van der Waals surface area (Å²) in [5.74, 6) is 0.798. The topological polar surface area (TPSA) is 3.24 Å². The maximum Gasteiger partial charge on any atom is 0.247 e. The molecule has 0 bridgehead atoms. The molecule has 0 N–H and O–H groups in total. The van der Waals surface area contributed by atoms with Gasteiger partial charge in [0.2, 0.25) is 6.71 Å². The van der Waals surface area contributed by atoms with Gasteiger partial charge < -0.3 is 4.90 Å². The Morgan fingerprint density at radius 3 is 1.93 bits per heavy atom. The Kier molecular flexibility index (Phi) is 6.14. The van der Waals surface area contributed by atoms with Gasteiger partial charge in [0, 0.05) is 22.4 Å². The quantitative estimate of drug-likeness (QED) is 0.151. The smallest absolute Gasteiger partial charge is 0.247 e. The maximum atomic E-state index is 2.57. The average Bonchev–Trinajstić information content (AvgIpc) is 3.02. The number of nitrogens with zero attached hydrogens (tertiary/aromatic N) is 1. The van der Waals surface area contributed by atoms with Crippen LogP contribution in [0.3, 0.4) is 0 Å². The van der Waals surface area contributed by atoms with Gasteiger partial charge >= 0.3 is 0 Å². The molecule has 0 aromatic heterocycles. The summed E-state index contributed by atoms with van der Waals surface area (Å²) in [5.41, 5.74) is 13.7. The number of fused-ring (bicyclic) bond motifs is 3. The van der Waals surface area contributed by atoms with Gasteiger partial charge in [-0.05, 0) is 92.9 Å². The Morgan fingerprint density at radius 1 is 0.545 bits per heavy atom. The van der Waals surface area contributed by atoms with Crippen molar-refractivity contribution in [1.29, 1.82) is 0 Å². The SMILES string of the molecule is Cc1cccc(C)c1B1c2ccccc2N(c2ccccc2)c2c1c(C(C)C)c1ccc3ccc(C(C)C)c4ccc2c1c34. The van der Waals surface area contributed by atoms with E-state index in [4.69, 9.17) is 0 Å². The molecule has 44 heavy (non-hydrogen) atoms. The van der Waals surface area contributed by atoms with E-state index in [1.807, 2.05) is 0 Å². The highest BCUT2D eigenvalue weighted by atomic mass is 15.2. The normalized spacial score (nSPS) is 13.1. The number of para-hydroxylation sites is 2. The molecule has 8 rings (SSSR count). The highest BCUT2D eigenvalue weighted by molar-refractivity contribution is 6.99. The zero-order chi connectivity index (χ0) is 30.3. The Balaban J connectivity index is 1.64. The van der Waals surface area contributed by atoms with Gasteiger partial charge in [0.1, 0.15) is 0 Å². The van der Waals surface area contributed by atoms with Crippen LogP contribution >= 0.6 is 0 Å². The highest BCUT2D eigenvalue weighted by Crippen LogP contribution is 2.47. The number of hydrogen-bond acceptors (Lipinski definition) is 1. The summed E-state index contributed by atoms with van der Waals surface area (Å²) in [6, 6.07) is 41.2. The van der Waals surface area contributed by atoms with Crippen LogP contribution in [0.25, 0.3) is 32.3 Å². The van der Waals surface area contributed by atoms with Crippen LogP contribution in [0.1, 0.15) is 61.8 Å². The van der Waals surface area contributed by atoms with Gasteiger partial charge in [0.05, 0.1) is 0 Å². The molecule has 214 valence electrons. The van der Waals surface area contributed by atoms with Crippen molar-refractivity contribution in [3.05, 3.63) is 131 Å². The monoisotopic (exact) mass is 567 g/mol. The van der Waals surface area contributed by atoms with E-state index in [0.29, 0.717) is 11.8 Å². The number of anilines is 3. The zero-order valence-corrected chi connectivity index (χ0v) is 26.6. The molecule has 0 amide bonds. The Bertz CT molecular complexity index is 2190. The Labute approximate surface area is 261 Å². The van der Waals surface area contributed by atoms with Crippen molar-refractivity contribution in [2.45, 2.75) is 53.4 Å². The van der Waals surface area contributed by atoms with Crippen LogP contribution in [0.2, 0.25) is 0 Å². The largest absolute Gasteiger partial charge is 0.311 e. The molecule has 0 spiro atoms. The summed E-state index contributed by atoms with van der Waals surface area (Å²) >= 11 is 0. The molecular formula is C42H38BN. The molecule has 0 radical (unpaired) electrons. The second-order valence-electron chi connectivity index (χ2n) is 13.4. The number of rotatable bonds is 4. The molecule has 0 fully saturated rings. The van der Waals surface area contributed by atoms with Gasteiger partial charge in [-0.2, -0.15) is 0 Å². The molecule has 0 aliphatic carbocycles. The lowest BCUT2D eigenvalue weighted by Crippen LogP contribution is -2.60. The molecule has 2 heteroatoms. The molecule has 0 atom stereocenters. The zero-order valence-electron chi connectivity index (χ0n) is 26.6. The lowest BCUT2D eigenvalue weighted by molar-refractivity contribution is 0.877. The first-order valence-electron chi connectivity index (χ1n) is 16.1. The molecule has 0 saturated heterocycles. The van der Waals surface area contributed by atoms with Gasteiger partial charge in [-0.15, -0.1) is 0 Å². The average molecular weight is 568 g/mol. The molecule has 1 aliphatic rings. The number of benzene rings is 7. The molecule has 0 saturated carbocycles. The van der Waals surface area contributed by atoms with Crippen LogP contribution in [0.4, 0.5) is 17.1 Å². The number of aryl methyl sites for hydroxylation is 2. The Hall–Kier alpha value is -4.56. The van der Waals surface area contributed by atoms with E-state index >= 15 is 0 Å². The van der Waals surface area contributed by atoms with Crippen LogP contribution in [0.5, 0.6) is 0 Å². The Morgan fingerprint density at radius 2 is 1.20 bits per heavy atom.